The first-order valence-electron chi connectivity index (χ1n) is 6.29. The number of aromatic hydroxyl groups is 2. The van der Waals surface area contributed by atoms with E-state index in [-0.39, 0.29) is 23.8 Å². The van der Waals surface area contributed by atoms with E-state index in [4.69, 9.17) is 4.74 Å². The molecule has 0 bridgehead atoms. The summed E-state index contributed by atoms with van der Waals surface area (Å²) in [5.74, 6) is -1.47. The summed E-state index contributed by atoms with van der Waals surface area (Å²) in [5, 5.41) is 18.8. The Morgan fingerprint density at radius 3 is 2.43 bits per heavy atom. The third-order valence-electron chi connectivity index (χ3n) is 3.10. The van der Waals surface area contributed by atoms with Crippen LogP contribution in [0, 0.1) is 0 Å². The van der Waals surface area contributed by atoms with E-state index in [0.717, 1.165) is 0 Å². The zero-order valence-electron chi connectivity index (χ0n) is 12.3. The van der Waals surface area contributed by atoms with Gasteiger partial charge >= 0.3 is 5.97 Å². The van der Waals surface area contributed by atoms with Crippen molar-refractivity contribution in [2.75, 3.05) is 14.2 Å². The lowest BCUT2D eigenvalue weighted by molar-refractivity contribution is -0.150. The smallest absolute Gasteiger partial charge is 0.328 e. The van der Waals surface area contributed by atoms with Crippen molar-refractivity contribution < 1.29 is 24.5 Å². The molecule has 0 saturated heterocycles. The summed E-state index contributed by atoms with van der Waals surface area (Å²) in [7, 11) is 2.72. The van der Waals surface area contributed by atoms with Crippen molar-refractivity contribution in [3.8, 4) is 11.5 Å². The number of phenolic OH excluding ortho intramolecular Hbond substituents is 2. The maximum absolute atomic E-state index is 11.9. The van der Waals surface area contributed by atoms with Gasteiger partial charge in [0.25, 0.3) is 0 Å². The molecule has 1 atom stereocenters. The van der Waals surface area contributed by atoms with E-state index >= 15 is 0 Å². The van der Waals surface area contributed by atoms with Gasteiger partial charge < -0.3 is 19.8 Å². The summed E-state index contributed by atoms with van der Waals surface area (Å²) in [6.07, 6.45) is 0.149. The number of esters is 1. The number of ether oxygens (including phenoxy) is 1. The largest absolute Gasteiger partial charge is 0.504 e. The maximum atomic E-state index is 11.9. The molecule has 1 amide bonds. The second kappa shape index (κ2) is 6.78. The van der Waals surface area contributed by atoms with Crippen molar-refractivity contribution in [3.63, 3.8) is 0 Å². The highest BCUT2D eigenvalue weighted by Gasteiger charge is 2.28. The van der Waals surface area contributed by atoms with Crippen LogP contribution in [0.5, 0.6) is 11.5 Å². The van der Waals surface area contributed by atoms with Crippen LogP contribution in [-0.4, -0.2) is 47.2 Å². The second-order valence-electron chi connectivity index (χ2n) is 4.76. The average molecular weight is 293 g/mol. The van der Waals surface area contributed by atoms with Gasteiger partial charge in [-0.2, -0.15) is 0 Å². The lowest BCUT2D eigenvalue weighted by Crippen LogP contribution is -2.44. The summed E-state index contributed by atoms with van der Waals surface area (Å²) in [4.78, 5) is 25.1. The van der Waals surface area contributed by atoms with Gasteiger partial charge in [-0.25, -0.2) is 4.79 Å². The molecule has 2 N–H and O–H groups in total. The number of phenols is 2. The molecule has 0 spiro atoms. The molecule has 0 aromatic heterocycles. The Morgan fingerprint density at radius 1 is 1.33 bits per heavy atom. The number of carbonyl (C=O) groups excluding carboxylic acids is 2. The molecule has 0 fully saturated rings. The molecule has 0 radical (unpaired) electrons. The van der Waals surface area contributed by atoms with Crippen LogP contribution in [-0.2, 0) is 20.7 Å². The molecular formula is C15H19NO5. The summed E-state index contributed by atoms with van der Waals surface area (Å²) in [6.45, 7) is 5.12. The molecule has 0 saturated carbocycles. The monoisotopic (exact) mass is 293 g/mol. The van der Waals surface area contributed by atoms with Gasteiger partial charge in [0, 0.05) is 19.0 Å². The van der Waals surface area contributed by atoms with E-state index in [2.05, 4.69) is 6.58 Å². The summed E-state index contributed by atoms with van der Waals surface area (Å²) in [6, 6.07) is 3.37. The normalized spacial score (nSPS) is 11.6. The number of methoxy groups -OCH3 is 1. The van der Waals surface area contributed by atoms with Crippen molar-refractivity contribution in [2.45, 2.75) is 19.4 Å². The van der Waals surface area contributed by atoms with Gasteiger partial charge in [-0.05, 0) is 24.6 Å². The molecule has 114 valence electrons. The Bertz CT molecular complexity index is 567. The zero-order chi connectivity index (χ0) is 16.2. The van der Waals surface area contributed by atoms with Gasteiger partial charge in [0.15, 0.2) is 11.5 Å². The predicted octanol–water partition coefficient (Wildman–Crippen LogP) is 1.22. The van der Waals surface area contributed by atoms with Crippen LogP contribution in [0.2, 0.25) is 0 Å². The molecule has 1 aromatic carbocycles. The van der Waals surface area contributed by atoms with Gasteiger partial charge in [0.05, 0.1) is 7.11 Å². The highest BCUT2D eigenvalue weighted by Crippen LogP contribution is 2.26. The number of amides is 1. The number of hydrogen-bond acceptors (Lipinski definition) is 5. The molecule has 0 aliphatic carbocycles. The lowest BCUT2D eigenvalue weighted by atomic mass is 10.0. The highest BCUT2D eigenvalue weighted by atomic mass is 16.5. The van der Waals surface area contributed by atoms with E-state index in [1.54, 1.807) is 13.0 Å². The van der Waals surface area contributed by atoms with Gasteiger partial charge in [-0.15, -0.1) is 0 Å². The van der Waals surface area contributed by atoms with E-state index in [0.29, 0.717) is 11.1 Å². The standard InChI is InChI=1S/C15H19NO5/c1-9(2)14(19)16(3)11(15(20)21-4)7-10-5-6-12(17)13(18)8-10/h5-6,8,11,17-18H,1,7H2,2-4H3. The van der Waals surface area contributed by atoms with Crippen molar-refractivity contribution >= 4 is 11.9 Å². The van der Waals surface area contributed by atoms with Crippen LogP contribution in [0.3, 0.4) is 0 Å². The van der Waals surface area contributed by atoms with Crippen molar-refractivity contribution in [1.29, 1.82) is 0 Å². The third kappa shape index (κ3) is 3.98. The Kier molecular flexibility index (Phi) is 5.35. The number of rotatable bonds is 5. The van der Waals surface area contributed by atoms with Gasteiger partial charge in [-0.1, -0.05) is 12.6 Å². The minimum absolute atomic E-state index is 0.149. The molecule has 0 aliphatic rings. The summed E-state index contributed by atoms with van der Waals surface area (Å²) in [5.41, 5.74) is 0.891. The lowest BCUT2D eigenvalue weighted by Gasteiger charge is -2.26. The van der Waals surface area contributed by atoms with Gasteiger partial charge in [-0.3, -0.25) is 4.79 Å². The Hall–Kier alpha value is -2.50. The molecule has 6 nitrogen and oxygen atoms in total. The van der Waals surface area contributed by atoms with Gasteiger partial charge in [0.2, 0.25) is 5.91 Å². The number of carbonyl (C=O) groups is 2. The van der Waals surface area contributed by atoms with E-state index in [1.807, 2.05) is 0 Å². The molecule has 21 heavy (non-hydrogen) atoms. The van der Waals surface area contributed by atoms with Crippen molar-refractivity contribution in [3.05, 3.63) is 35.9 Å². The highest BCUT2D eigenvalue weighted by molar-refractivity contribution is 5.95. The van der Waals surface area contributed by atoms with Crippen LogP contribution in [0.15, 0.2) is 30.4 Å². The first-order chi connectivity index (χ1) is 9.77. The average Bonchev–Trinajstić information content (AvgIpc) is 2.45. The zero-order valence-corrected chi connectivity index (χ0v) is 12.3. The summed E-state index contributed by atoms with van der Waals surface area (Å²) < 4.78 is 4.72. The fraction of sp³-hybridized carbons (Fsp3) is 0.333. The van der Waals surface area contributed by atoms with Crippen molar-refractivity contribution in [2.24, 2.45) is 0 Å². The minimum atomic E-state index is -0.844. The molecule has 6 heteroatoms. The third-order valence-corrected chi connectivity index (χ3v) is 3.10. The quantitative estimate of drug-likeness (QED) is 0.484. The van der Waals surface area contributed by atoms with Crippen LogP contribution >= 0.6 is 0 Å². The number of nitrogens with zero attached hydrogens (tertiary/aromatic N) is 1. The Morgan fingerprint density at radius 2 is 1.95 bits per heavy atom. The fourth-order valence-electron chi connectivity index (χ4n) is 1.88. The van der Waals surface area contributed by atoms with Crippen LogP contribution in [0.1, 0.15) is 12.5 Å². The maximum Gasteiger partial charge on any atom is 0.328 e. The van der Waals surface area contributed by atoms with Crippen molar-refractivity contribution in [1.82, 2.24) is 4.90 Å². The molecular weight excluding hydrogens is 274 g/mol. The first-order valence-corrected chi connectivity index (χ1v) is 6.29. The van der Waals surface area contributed by atoms with E-state index in [9.17, 15) is 19.8 Å². The topological polar surface area (TPSA) is 87.1 Å². The first kappa shape index (κ1) is 16.6. The Balaban J connectivity index is 3.03. The molecule has 0 aliphatic heterocycles. The van der Waals surface area contributed by atoms with Gasteiger partial charge in [0.1, 0.15) is 6.04 Å². The molecule has 1 aromatic rings. The Labute approximate surface area is 123 Å². The summed E-state index contributed by atoms with van der Waals surface area (Å²) >= 11 is 0. The van der Waals surface area contributed by atoms with E-state index < -0.39 is 12.0 Å². The van der Waals surface area contributed by atoms with Crippen LogP contribution in [0.25, 0.3) is 0 Å². The van der Waals surface area contributed by atoms with Crippen LogP contribution < -0.4 is 0 Å². The number of likely N-dealkylation sites (N-methyl/N-ethyl adjacent to an activating group) is 1. The number of hydrogen-bond donors (Lipinski definition) is 2. The second-order valence-corrected chi connectivity index (χ2v) is 4.76. The predicted molar refractivity (Wildman–Crippen MR) is 76.9 cm³/mol. The van der Waals surface area contributed by atoms with E-state index in [1.165, 1.54) is 31.2 Å². The molecule has 0 heterocycles. The minimum Gasteiger partial charge on any atom is -0.504 e. The SMILES string of the molecule is C=C(C)C(=O)N(C)C(Cc1ccc(O)c(O)c1)C(=O)OC. The fourth-order valence-corrected chi connectivity index (χ4v) is 1.88. The molecule has 1 unspecified atom stereocenters. The molecule has 1 rings (SSSR count). The number of benzene rings is 1. The van der Waals surface area contributed by atoms with Crippen LogP contribution in [0.4, 0.5) is 0 Å².